The summed E-state index contributed by atoms with van der Waals surface area (Å²) in [4.78, 5) is 1.42. The van der Waals surface area contributed by atoms with Crippen molar-refractivity contribution in [2.75, 3.05) is 26.2 Å². The number of aliphatic hydroxyl groups excluding tert-OH is 1. The average molecular weight is 359 g/mol. The number of aliphatic hydroxyl groups is 1. The highest BCUT2D eigenvalue weighted by molar-refractivity contribution is 5.34. The van der Waals surface area contributed by atoms with Crippen LogP contribution in [0.3, 0.4) is 0 Å². The van der Waals surface area contributed by atoms with Crippen molar-refractivity contribution in [3.8, 4) is 5.75 Å². The van der Waals surface area contributed by atoms with Crippen LogP contribution in [0.4, 0.5) is 0 Å². The predicted octanol–water partition coefficient (Wildman–Crippen LogP) is 2.82. The standard InChI is InChI=1S/C23H35NO2/c1-3-24(4-2)15-21(25)16-26-22-7-5-20(6-8-22)23-12-17-9-18(13-23)11-19(10-17)14-23/h5-8,17-19,21,25H,3-4,9-16H2,1-2H3/p+1/t17?,18?,19?,21-,23?/m1/s1. The molecule has 0 unspecified atom stereocenters. The lowest BCUT2D eigenvalue weighted by molar-refractivity contribution is -0.899. The van der Waals surface area contributed by atoms with E-state index in [1.54, 1.807) is 0 Å². The second-order valence-corrected chi connectivity index (χ2v) is 9.35. The fourth-order valence-corrected chi connectivity index (χ4v) is 6.49. The molecule has 3 nitrogen and oxygen atoms in total. The molecule has 1 aromatic carbocycles. The van der Waals surface area contributed by atoms with E-state index in [-0.39, 0.29) is 0 Å². The van der Waals surface area contributed by atoms with E-state index in [0.29, 0.717) is 12.0 Å². The number of nitrogens with one attached hydrogen (secondary N) is 1. The molecule has 0 heterocycles. The Morgan fingerprint density at radius 2 is 1.54 bits per heavy atom. The van der Waals surface area contributed by atoms with Crippen LogP contribution in [-0.4, -0.2) is 37.5 Å². The van der Waals surface area contributed by atoms with Gasteiger partial charge in [-0.1, -0.05) is 12.1 Å². The molecule has 144 valence electrons. The van der Waals surface area contributed by atoms with Gasteiger partial charge in [0.1, 0.15) is 25.0 Å². The monoisotopic (exact) mass is 358 g/mol. The van der Waals surface area contributed by atoms with Crippen LogP contribution in [0.1, 0.15) is 57.9 Å². The van der Waals surface area contributed by atoms with E-state index in [4.69, 9.17) is 4.74 Å². The fourth-order valence-electron chi connectivity index (χ4n) is 6.49. The van der Waals surface area contributed by atoms with Crippen molar-refractivity contribution in [1.82, 2.24) is 0 Å². The minimum atomic E-state index is -0.396. The minimum absolute atomic E-state index is 0.389. The first-order chi connectivity index (χ1) is 12.6. The molecule has 5 rings (SSSR count). The maximum Gasteiger partial charge on any atom is 0.137 e. The molecule has 0 radical (unpaired) electrons. The van der Waals surface area contributed by atoms with E-state index in [1.165, 1.54) is 49.0 Å². The smallest absolute Gasteiger partial charge is 0.137 e. The molecule has 0 aliphatic heterocycles. The Hall–Kier alpha value is -1.06. The Balaban J connectivity index is 1.35. The number of hydrogen-bond donors (Lipinski definition) is 2. The van der Waals surface area contributed by atoms with Gasteiger partial charge in [-0.25, -0.2) is 0 Å². The topological polar surface area (TPSA) is 33.9 Å². The normalized spacial score (nSPS) is 33.6. The molecule has 2 N–H and O–H groups in total. The number of hydrogen-bond acceptors (Lipinski definition) is 2. The van der Waals surface area contributed by atoms with Crippen molar-refractivity contribution < 1.29 is 14.7 Å². The zero-order valence-electron chi connectivity index (χ0n) is 16.5. The number of likely N-dealkylation sites (N-methyl/N-ethyl adjacent to an activating group) is 1. The van der Waals surface area contributed by atoms with Gasteiger partial charge in [-0.05, 0) is 93.2 Å². The Kier molecular flexibility index (Phi) is 5.29. The summed E-state index contributed by atoms with van der Waals surface area (Å²) in [5.74, 6) is 3.84. The quantitative estimate of drug-likeness (QED) is 0.749. The number of quaternary nitrogens is 1. The van der Waals surface area contributed by atoms with E-state index in [2.05, 4.69) is 38.1 Å². The van der Waals surface area contributed by atoms with Gasteiger partial charge < -0.3 is 14.7 Å². The summed E-state index contributed by atoms with van der Waals surface area (Å²) in [6.07, 6.45) is 8.31. The van der Waals surface area contributed by atoms with Crippen molar-refractivity contribution >= 4 is 0 Å². The van der Waals surface area contributed by atoms with Gasteiger partial charge in [0.15, 0.2) is 0 Å². The lowest BCUT2D eigenvalue weighted by Gasteiger charge is -2.57. The first-order valence-electron chi connectivity index (χ1n) is 10.8. The van der Waals surface area contributed by atoms with Crippen LogP contribution in [0, 0.1) is 17.8 Å². The summed E-state index contributed by atoms with van der Waals surface area (Å²) in [5.41, 5.74) is 2.00. The van der Waals surface area contributed by atoms with Crippen LogP contribution in [0.5, 0.6) is 5.75 Å². The Bertz CT molecular complexity index is 557. The van der Waals surface area contributed by atoms with Crippen molar-refractivity contribution in [1.29, 1.82) is 0 Å². The van der Waals surface area contributed by atoms with Crippen LogP contribution in [-0.2, 0) is 5.41 Å². The van der Waals surface area contributed by atoms with Crippen LogP contribution in [0.15, 0.2) is 24.3 Å². The highest BCUT2D eigenvalue weighted by atomic mass is 16.5. The molecule has 4 bridgehead atoms. The number of rotatable bonds is 8. The minimum Gasteiger partial charge on any atom is -0.491 e. The van der Waals surface area contributed by atoms with Gasteiger partial charge in [-0.3, -0.25) is 0 Å². The average Bonchev–Trinajstić information content (AvgIpc) is 2.64. The van der Waals surface area contributed by atoms with Crippen molar-refractivity contribution in [2.45, 2.75) is 63.9 Å². The third kappa shape index (κ3) is 3.66. The molecule has 4 fully saturated rings. The summed E-state index contributed by atoms with van der Waals surface area (Å²) in [6.45, 7) is 7.57. The summed E-state index contributed by atoms with van der Waals surface area (Å²) in [5, 5.41) is 10.2. The Morgan fingerprint density at radius 1 is 1.00 bits per heavy atom. The van der Waals surface area contributed by atoms with Gasteiger partial charge in [0.2, 0.25) is 0 Å². The first kappa shape index (κ1) is 18.3. The van der Waals surface area contributed by atoms with Crippen LogP contribution in [0.2, 0.25) is 0 Å². The molecule has 4 aliphatic rings. The van der Waals surface area contributed by atoms with Gasteiger partial charge >= 0.3 is 0 Å². The maximum absolute atomic E-state index is 10.2. The maximum atomic E-state index is 10.2. The van der Waals surface area contributed by atoms with Crippen LogP contribution >= 0.6 is 0 Å². The zero-order chi connectivity index (χ0) is 18.1. The molecule has 0 aromatic heterocycles. The molecular formula is C23H36NO2+. The van der Waals surface area contributed by atoms with E-state index in [9.17, 15) is 5.11 Å². The van der Waals surface area contributed by atoms with E-state index < -0.39 is 6.10 Å². The van der Waals surface area contributed by atoms with Gasteiger partial charge in [0, 0.05) is 0 Å². The highest BCUT2D eigenvalue weighted by Crippen LogP contribution is 2.60. The second kappa shape index (κ2) is 7.52. The largest absolute Gasteiger partial charge is 0.491 e. The van der Waals surface area contributed by atoms with Crippen molar-refractivity contribution in [2.24, 2.45) is 17.8 Å². The van der Waals surface area contributed by atoms with Crippen molar-refractivity contribution in [3.63, 3.8) is 0 Å². The zero-order valence-corrected chi connectivity index (χ0v) is 16.5. The number of benzene rings is 1. The molecule has 0 amide bonds. The molecule has 0 saturated heterocycles. The Morgan fingerprint density at radius 3 is 2.04 bits per heavy atom. The molecule has 26 heavy (non-hydrogen) atoms. The summed E-state index contributed by atoms with van der Waals surface area (Å²) in [6, 6.07) is 8.88. The Labute approximate surface area is 158 Å². The van der Waals surface area contributed by atoms with Gasteiger partial charge in [0.25, 0.3) is 0 Å². The second-order valence-electron chi connectivity index (χ2n) is 9.35. The third-order valence-corrected chi connectivity index (χ3v) is 7.47. The third-order valence-electron chi connectivity index (χ3n) is 7.47. The predicted molar refractivity (Wildman–Crippen MR) is 105 cm³/mol. The van der Waals surface area contributed by atoms with E-state index in [1.807, 2.05) is 0 Å². The highest BCUT2D eigenvalue weighted by Gasteiger charge is 2.51. The summed E-state index contributed by atoms with van der Waals surface area (Å²) >= 11 is 0. The van der Waals surface area contributed by atoms with E-state index in [0.717, 1.165) is 43.1 Å². The van der Waals surface area contributed by atoms with Gasteiger partial charge in [-0.15, -0.1) is 0 Å². The van der Waals surface area contributed by atoms with Crippen LogP contribution < -0.4 is 9.64 Å². The van der Waals surface area contributed by atoms with Gasteiger partial charge in [-0.2, -0.15) is 0 Å². The molecule has 3 heteroatoms. The lowest BCUT2D eigenvalue weighted by atomic mass is 9.48. The van der Waals surface area contributed by atoms with Gasteiger partial charge in [0.05, 0.1) is 13.1 Å². The van der Waals surface area contributed by atoms with Crippen LogP contribution in [0.25, 0.3) is 0 Å². The number of ether oxygens (including phenoxy) is 1. The molecule has 0 spiro atoms. The lowest BCUT2D eigenvalue weighted by Crippen LogP contribution is -3.12. The summed E-state index contributed by atoms with van der Waals surface area (Å²) < 4.78 is 5.87. The molecule has 1 atom stereocenters. The van der Waals surface area contributed by atoms with E-state index >= 15 is 0 Å². The van der Waals surface area contributed by atoms with Crippen molar-refractivity contribution in [3.05, 3.63) is 29.8 Å². The molecule has 1 aromatic rings. The fraction of sp³-hybridized carbons (Fsp3) is 0.739. The molecule has 4 aliphatic carbocycles. The SMILES string of the molecule is CC[NH+](CC)C[C@@H](O)COc1ccc(C23CC4CC(CC(C4)C2)C3)cc1. The first-order valence-corrected chi connectivity index (χ1v) is 10.8. The summed E-state index contributed by atoms with van der Waals surface area (Å²) in [7, 11) is 0. The molecular weight excluding hydrogens is 322 g/mol. The molecule has 4 saturated carbocycles.